The van der Waals surface area contributed by atoms with Crippen LogP contribution in [0.5, 0.6) is 0 Å². The van der Waals surface area contributed by atoms with E-state index in [-0.39, 0.29) is 5.54 Å². The third kappa shape index (κ3) is 2.55. The predicted molar refractivity (Wildman–Crippen MR) is 90.8 cm³/mol. The number of rotatable bonds is 3. The number of fused-ring (bicyclic) bond motifs is 1. The minimum Gasteiger partial charge on any atom is -0.335 e. The van der Waals surface area contributed by atoms with Gasteiger partial charge in [-0.25, -0.2) is 0 Å². The molecule has 3 heteroatoms. The molecule has 0 saturated heterocycles. The summed E-state index contributed by atoms with van der Waals surface area (Å²) in [7, 11) is 0. The Balaban J connectivity index is 1.83. The topological polar surface area (TPSA) is 24.4 Å². The molecule has 0 saturated carbocycles. The molecule has 1 aliphatic heterocycles. The molecule has 0 unspecified atom stereocenters. The maximum Gasteiger partial charge on any atom is 0.161 e. The number of amidine groups is 1. The van der Waals surface area contributed by atoms with Gasteiger partial charge in [-0.3, -0.25) is 4.99 Å². The zero-order chi connectivity index (χ0) is 14.0. The van der Waals surface area contributed by atoms with Gasteiger partial charge in [0.05, 0.1) is 5.54 Å². The lowest BCUT2D eigenvalue weighted by molar-refractivity contribution is 0.456. The summed E-state index contributed by atoms with van der Waals surface area (Å²) in [5.41, 5.74) is 1.27. The molecule has 0 atom stereocenters. The number of benzene rings is 2. The third-order valence-corrected chi connectivity index (χ3v) is 5.28. The molecule has 1 N–H and O–H groups in total. The van der Waals surface area contributed by atoms with Gasteiger partial charge >= 0.3 is 0 Å². The van der Waals surface area contributed by atoms with Gasteiger partial charge in [-0.1, -0.05) is 55.9 Å². The van der Waals surface area contributed by atoms with Crippen LogP contribution < -0.4 is 5.32 Å². The van der Waals surface area contributed by atoms with Gasteiger partial charge in [-0.15, -0.1) is 0 Å². The minimum absolute atomic E-state index is 0.143. The van der Waals surface area contributed by atoms with Crippen LogP contribution in [0.15, 0.2) is 47.5 Å². The second-order valence-electron chi connectivity index (χ2n) is 5.32. The summed E-state index contributed by atoms with van der Waals surface area (Å²) in [6.45, 7) is 4.46. The summed E-state index contributed by atoms with van der Waals surface area (Å²) in [5, 5.41) is 7.06. The van der Waals surface area contributed by atoms with Gasteiger partial charge in [0.2, 0.25) is 0 Å². The fourth-order valence-corrected chi connectivity index (χ4v) is 3.88. The Bertz CT molecular complexity index is 644. The van der Waals surface area contributed by atoms with Crippen LogP contribution in [-0.2, 0) is 0 Å². The summed E-state index contributed by atoms with van der Waals surface area (Å²) in [6, 6.07) is 14.9. The predicted octanol–water partition coefficient (Wildman–Crippen LogP) is 4.91. The second kappa shape index (κ2) is 5.49. The molecule has 20 heavy (non-hydrogen) atoms. The first-order valence-electron chi connectivity index (χ1n) is 7.23. The lowest BCUT2D eigenvalue weighted by Crippen LogP contribution is -2.24. The van der Waals surface area contributed by atoms with Gasteiger partial charge in [0.15, 0.2) is 5.17 Å². The average Bonchev–Trinajstić information content (AvgIpc) is 2.91. The van der Waals surface area contributed by atoms with E-state index in [1.165, 1.54) is 10.8 Å². The summed E-state index contributed by atoms with van der Waals surface area (Å²) in [6.07, 6.45) is 2.22. The van der Waals surface area contributed by atoms with Crippen LogP contribution in [0.4, 0.5) is 5.69 Å². The van der Waals surface area contributed by atoms with E-state index in [2.05, 4.69) is 61.6 Å². The van der Waals surface area contributed by atoms with Crippen LogP contribution in [0.3, 0.4) is 0 Å². The van der Waals surface area contributed by atoms with E-state index < -0.39 is 0 Å². The van der Waals surface area contributed by atoms with Gasteiger partial charge in [0.25, 0.3) is 0 Å². The quantitative estimate of drug-likeness (QED) is 0.865. The molecule has 3 rings (SSSR count). The van der Waals surface area contributed by atoms with E-state index in [1.807, 2.05) is 11.8 Å². The van der Waals surface area contributed by atoms with E-state index >= 15 is 0 Å². The SMILES string of the molecule is CCC1(CC)CSC(Nc2ccc3ccccc3c2)=N1. The van der Waals surface area contributed by atoms with E-state index in [4.69, 9.17) is 4.99 Å². The van der Waals surface area contributed by atoms with Crippen LogP contribution in [0.1, 0.15) is 26.7 Å². The molecule has 2 nitrogen and oxygen atoms in total. The van der Waals surface area contributed by atoms with Gasteiger partial charge in [-0.2, -0.15) is 0 Å². The zero-order valence-corrected chi connectivity index (χ0v) is 12.8. The molecule has 0 aliphatic carbocycles. The van der Waals surface area contributed by atoms with E-state index in [9.17, 15) is 0 Å². The summed E-state index contributed by atoms with van der Waals surface area (Å²) in [4.78, 5) is 4.90. The number of hydrogen-bond donors (Lipinski definition) is 1. The van der Waals surface area contributed by atoms with Crippen LogP contribution in [0.2, 0.25) is 0 Å². The Morgan fingerprint density at radius 2 is 1.85 bits per heavy atom. The van der Waals surface area contributed by atoms with Crippen LogP contribution in [0.25, 0.3) is 10.8 Å². The molecule has 0 spiro atoms. The standard InChI is InChI=1S/C17H20N2S/c1-3-17(4-2)12-20-16(19-17)18-15-10-9-13-7-5-6-8-14(13)11-15/h5-11H,3-4,12H2,1-2H3,(H,18,19). The summed E-state index contributed by atoms with van der Waals surface area (Å²) < 4.78 is 0. The molecule has 104 valence electrons. The molecule has 0 aromatic heterocycles. The average molecular weight is 284 g/mol. The Morgan fingerprint density at radius 3 is 2.55 bits per heavy atom. The van der Waals surface area contributed by atoms with Crippen LogP contribution in [0, 0.1) is 0 Å². The fraction of sp³-hybridized carbons (Fsp3) is 0.353. The van der Waals surface area contributed by atoms with Gasteiger partial charge < -0.3 is 5.32 Å². The Hall–Kier alpha value is -1.48. The van der Waals surface area contributed by atoms with Crippen LogP contribution >= 0.6 is 11.8 Å². The zero-order valence-electron chi connectivity index (χ0n) is 12.0. The van der Waals surface area contributed by atoms with Crippen molar-refractivity contribution in [1.82, 2.24) is 0 Å². The first-order chi connectivity index (χ1) is 9.74. The lowest BCUT2D eigenvalue weighted by Gasteiger charge is -2.20. The fourth-order valence-electron chi connectivity index (χ4n) is 2.55. The minimum atomic E-state index is 0.143. The van der Waals surface area contributed by atoms with Crippen molar-refractivity contribution < 1.29 is 0 Å². The Kier molecular flexibility index (Phi) is 3.70. The van der Waals surface area contributed by atoms with Crippen molar-refractivity contribution in [3.8, 4) is 0 Å². The highest BCUT2D eigenvalue weighted by atomic mass is 32.2. The highest BCUT2D eigenvalue weighted by Crippen LogP contribution is 2.34. The number of nitrogens with one attached hydrogen (secondary N) is 1. The summed E-state index contributed by atoms with van der Waals surface area (Å²) in [5.74, 6) is 1.09. The smallest absolute Gasteiger partial charge is 0.161 e. The van der Waals surface area contributed by atoms with Crippen molar-refractivity contribution in [2.24, 2.45) is 4.99 Å². The van der Waals surface area contributed by atoms with Crippen molar-refractivity contribution >= 4 is 33.4 Å². The van der Waals surface area contributed by atoms with Gasteiger partial charge in [0, 0.05) is 11.4 Å². The largest absolute Gasteiger partial charge is 0.335 e. The number of nitrogens with zero attached hydrogens (tertiary/aromatic N) is 1. The maximum absolute atomic E-state index is 4.90. The number of aliphatic imine (C=N–C) groups is 1. The molecule has 0 amide bonds. The van der Waals surface area contributed by atoms with Crippen molar-refractivity contribution in [3.63, 3.8) is 0 Å². The maximum atomic E-state index is 4.90. The number of hydrogen-bond acceptors (Lipinski definition) is 3. The van der Waals surface area contributed by atoms with E-state index in [1.54, 1.807) is 0 Å². The highest BCUT2D eigenvalue weighted by molar-refractivity contribution is 8.14. The third-order valence-electron chi connectivity index (χ3n) is 4.13. The Morgan fingerprint density at radius 1 is 1.10 bits per heavy atom. The van der Waals surface area contributed by atoms with Crippen molar-refractivity contribution in [2.45, 2.75) is 32.2 Å². The first kappa shape index (κ1) is 13.5. The van der Waals surface area contributed by atoms with E-state index in [0.29, 0.717) is 0 Å². The Labute approximate surface area is 124 Å². The summed E-state index contributed by atoms with van der Waals surface area (Å²) >= 11 is 1.84. The first-order valence-corrected chi connectivity index (χ1v) is 8.22. The van der Waals surface area contributed by atoms with Crippen LogP contribution in [-0.4, -0.2) is 16.5 Å². The second-order valence-corrected chi connectivity index (χ2v) is 6.29. The molecule has 1 aliphatic rings. The molecular formula is C17H20N2S. The van der Waals surface area contributed by atoms with Crippen molar-refractivity contribution in [2.75, 3.05) is 11.1 Å². The normalized spacial score (nSPS) is 17.2. The van der Waals surface area contributed by atoms with Gasteiger partial charge in [-0.05, 0) is 35.7 Å². The molecule has 2 aromatic rings. The molecule has 0 fully saturated rings. The lowest BCUT2D eigenvalue weighted by atomic mass is 9.97. The molecule has 1 heterocycles. The van der Waals surface area contributed by atoms with Crippen molar-refractivity contribution in [1.29, 1.82) is 0 Å². The monoisotopic (exact) mass is 284 g/mol. The molecular weight excluding hydrogens is 264 g/mol. The number of thioether (sulfide) groups is 1. The molecule has 0 bridgehead atoms. The van der Waals surface area contributed by atoms with Crippen molar-refractivity contribution in [3.05, 3.63) is 42.5 Å². The van der Waals surface area contributed by atoms with Gasteiger partial charge in [0.1, 0.15) is 0 Å². The molecule has 0 radical (unpaired) electrons. The molecule has 2 aromatic carbocycles. The highest BCUT2D eigenvalue weighted by Gasteiger charge is 2.31. The number of anilines is 1. The van der Waals surface area contributed by atoms with E-state index in [0.717, 1.165) is 29.4 Å².